The Labute approximate surface area is 205 Å². The molecular weight excluding hydrogens is 468 g/mol. The van der Waals surface area contributed by atoms with Gasteiger partial charge in [0.15, 0.2) is 5.69 Å². The van der Waals surface area contributed by atoms with Crippen LogP contribution in [0, 0.1) is 0 Å². The largest absolute Gasteiger partial charge is 0.332 e. The van der Waals surface area contributed by atoms with Gasteiger partial charge >= 0.3 is 0 Å². The van der Waals surface area contributed by atoms with Crippen LogP contribution in [0.1, 0.15) is 23.3 Å². The molecule has 5 aromatic heterocycles. The number of hydrogen-bond acceptors (Lipinski definition) is 5. The van der Waals surface area contributed by atoms with Crippen molar-refractivity contribution in [1.82, 2.24) is 29.3 Å². The van der Waals surface area contributed by atoms with Crippen molar-refractivity contribution in [2.24, 2.45) is 0 Å². The third kappa shape index (κ3) is 3.78. The lowest BCUT2D eigenvalue weighted by Crippen LogP contribution is -2.38. The minimum absolute atomic E-state index is 0.0496. The molecule has 0 saturated carbocycles. The van der Waals surface area contributed by atoms with Gasteiger partial charge in [0, 0.05) is 35.6 Å². The van der Waals surface area contributed by atoms with Crippen molar-refractivity contribution in [2.45, 2.75) is 25.4 Å². The first-order valence-electron chi connectivity index (χ1n) is 11.2. The Morgan fingerprint density at radius 2 is 2.06 bits per heavy atom. The average Bonchev–Trinajstić information content (AvgIpc) is 3.66. The van der Waals surface area contributed by atoms with E-state index >= 15 is 0 Å². The zero-order chi connectivity index (χ0) is 23.1. The minimum Gasteiger partial charge on any atom is -0.332 e. The van der Waals surface area contributed by atoms with Crippen molar-refractivity contribution in [1.29, 1.82) is 0 Å². The lowest BCUT2D eigenvalue weighted by atomic mass is 10.1. The molecule has 0 spiro atoms. The van der Waals surface area contributed by atoms with Gasteiger partial charge in [-0.25, -0.2) is 4.52 Å². The van der Waals surface area contributed by atoms with Crippen LogP contribution in [0.25, 0.3) is 27.2 Å². The molecule has 0 unspecified atom stereocenters. The fourth-order valence-electron chi connectivity index (χ4n) is 4.61. The Morgan fingerprint density at radius 3 is 2.88 bits per heavy atom. The van der Waals surface area contributed by atoms with E-state index in [1.807, 2.05) is 76.7 Å². The number of carbonyl (C=O) groups excluding carboxylic acids is 1. The highest BCUT2D eigenvalue weighted by Gasteiger charge is 2.33. The van der Waals surface area contributed by atoms with Crippen molar-refractivity contribution in [3.05, 3.63) is 83.3 Å². The molecule has 1 fully saturated rings. The quantitative estimate of drug-likeness (QED) is 0.337. The minimum atomic E-state index is -0.0529. The van der Waals surface area contributed by atoms with Crippen LogP contribution in [-0.2, 0) is 6.54 Å². The number of pyridine rings is 2. The van der Waals surface area contributed by atoms with Gasteiger partial charge in [-0.2, -0.15) is 10.2 Å². The van der Waals surface area contributed by atoms with E-state index < -0.39 is 0 Å². The predicted molar refractivity (Wildman–Crippen MR) is 133 cm³/mol. The first kappa shape index (κ1) is 21.1. The van der Waals surface area contributed by atoms with Crippen LogP contribution in [0.4, 0.5) is 0 Å². The summed E-state index contributed by atoms with van der Waals surface area (Å²) in [4.78, 5) is 21.1. The molecule has 0 bridgehead atoms. The van der Waals surface area contributed by atoms with Gasteiger partial charge in [-0.3, -0.25) is 14.5 Å². The van der Waals surface area contributed by atoms with E-state index in [-0.39, 0.29) is 11.9 Å². The van der Waals surface area contributed by atoms with Crippen molar-refractivity contribution in [3.63, 3.8) is 0 Å². The summed E-state index contributed by atoms with van der Waals surface area (Å²) in [5.74, 6) is -0.0529. The van der Waals surface area contributed by atoms with E-state index in [2.05, 4.69) is 15.2 Å². The van der Waals surface area contributed by atoms with Crippen LogP contribution in [0.15, 0.2) is 73.3 Å². The predicted octanol–water partition coefficient (Wildman–Crippen LogP) is 5.28. The number of hydrogen-bond donors (Lipinski definition) is 0. The molecule has 34 heavy (non-hydrogen) atoms. The number of aromatic nitrogens is 5. The van der Waals surface area contributed by atoms with Crippen molar-refractivity contribution in [2.75, 3.05) is 6.54 Å². The summed E-state index contributed by atoms with van der Waals surface area (Å²) in [6, 6.07) is 15.5. The van der Waals surface area contributed by atoms with Gasteiger partial charge < -0.3 is 4.90 Å². The SMILES string of the molecule is O=C(c1nn2ccccc2c1-c1ccc(Cl)s1)N1CCC[C@H]1Cn1cc(-c2ccccn2)cn1. The van der Waals surface area contributed by atoms with Gasteiger partial charge in [-0.15, -0.1) is 11.3 Å². The number of likely N-dealkylation sites (tertiary alicyclic amines) is 1. The van der Waals surface area contributed by atoms with Crippen molar-refractivity contribution in [3.8, 4) is 21.7 Å². The molecule has 7 nitrogen and oxygen atoms in total. The molecule has 9 heteroatoms. The molecule has 0 aliphatic carbocycles. The van der Waals surface area contributed by atoms with E-state index in [1.54, 1.807) is 10.7 Å². The highest BCUT2D eigenvalue weighted by Crippen LogP contribution is 2.37. The number of thiophene rings is 1. The van der Waals surface area contributed by atoms with Crippen LogP contribution in [0.2, 0.25) is 4.34 Å². The lowest BCUT2D eigenvalue weighted by molar-refractivity contribution is 0.0716. The van der Waals surface area contributed by atoms with E-state index in [0.29, 0.717) is 23.1 Å². The molecule has 6 rings (SSSR count). The molecule has 0 N–H and O–H groups in total. The van der Waals surface area contributed by atoms with Gasteiger partial charge in [0.25, 0.3) is 5.91 Å². The fraction of sp³-hybridized carbons (Fsp3) is 0.200. The molecule has 6 heterocycles. The Morgan fingerprint density at radius 1 is 1.15 bits per heavy atom. The summed E-state index contributed by atoms with van der Waals surface area (Å²) >= 11 is 7.69. The summed E-state index contributed by atoms with van der Waals surface area (Å²) in [5.41, 5.74) is 4.05. The maximum atomic E-state index is 13.8. The first-order chi connectivity index (χ1) is 16.7. The first-order valence-corrected chi connectivity index (χ1v) is 12.3. The maximum absolute atomic E-state index is 13.8. The number of nitrogens with zero attached hydrogens (tertiary/aromatic N) is 6. The third-order valence-electron chi connectivity index (χ3n) is 6.19. The van der Waals surface area contributed by atoms with Crippen LogP contribution in [0.5, 0.6) is 0 Å². The van der Waals surface area contributed by atoms with E-state index in [1.165, 1.54) is 11.3 Å². The van der Waals surface area contributed by atoms with Crippen LogP contribution in [-0.4, -0.2) is 47.8 Å². The third-order valence-corrected chi connectivity index (χ3v) is 7.44. The molecule has 1 amide bonds. The Hall–Kier alpha value is -3.49. The molecule has 0 aromatic carbocycles. The summed E-state index contributed by atoms with van der Waals surface area (Å²) in [6.45, 7) is 1.34. The number of amides is 1. The number of halogens is 1. The lowest BCUT2D eigenvalue weighted by Gasteiger charge is -2.24. The average molecular weight is 489 g/mol. The molecule has 1 atom stereocenters. The second-order valence-electron chi connectivity index (χ2n) is 8.32. The topological polar surface area (TPSA) is 68.3 Å². The van der Waals surface area contributed by atoms with Crippen molar-refractivity contribution < 1.29 is 4.79 Å². The Bertz CT molecular complexity index is 1470. The second-order valence-corrected chi connectivity index (χ2v) is 10.0. The Kier molecular flexibility index (Phi) is 5.39. The number of carbonyl (C=O) groups is 1. The smallest absolute Gasteiger partial charge is 0.275 e. The van der Waals surface area contributed by atoms with E-state index in [0.717, 1.165) is 40.1 Å². The van der Waals surface area contributed by atoms with Gasteiger partial charge in [0.1, 0.15) is 0 Å². The summed E-state index contributed by atoms with van der Waals surface area (Å²) in [7, 11) is 0. The molecule has 0 radical (unpaired) electrons. The molecule has 1 saturated heterocycles. The monoisotopic (exact) mass is 488 g/mol. The Balaban J connectivity index is 1.31. The summed E-state index contributed by atoms with van der Waals surface area (Å²) in [5, 5.41) is 9.22. The molecule has 1 aliphatic rings. The van der Waals surface area contributed by atoms with Crippen LogP contribution >= 0.6 is 22.9 Å². The highest BCUT2D eigenvalue weighted by molar-refractivity contribution is 7.19. The van der Waals surface area contributed by atoms with Gasteiger partial charge in [-0.05, 0) is 49.2 Å². The van der Waals surface area contributed by atoms with Gasteiger partial charge in [0.05, 0.1) is 39.9 Å². The van der Waals surface area contributed by atoms with Crippen LogP contribution < -0.4 is 0 Å². The normalized spacial score (nSPS) is 15.9. The van der Waals surface area contributed by atoms with Crippen LogP contribution in [0.3, 0.4) is 0 Å². The van der Waals surface area contributed by atoms with E-state index in [9.17, 15) is 4.79 Å². The van der Waals surface area contributed by atoms with E-state index in [4.69, 9.17) is 11.6 Å². The summed E-state index contributed by atoms with van der Waals surface area (Å²) in [6.07, 6.45) is 9.35. The van der Waals surface area contributed by atoms with Gasteiger partial charge in [-0.1, -0.05) is 23.7 Å². The molecule has 5 aromatic rings. The fourth-order valence-corrected chi connectivity index (χ4v) is 5.71. The highest BCUT2D eigenvalue weighted by atomic mass is 35.5. The molecule has 170 valence electrons. The maximum Gasteiger partial charge on any atom is 0.275 e. The standard InChI is InChI=1S/C25H21ClN6OS/c26-22-10-9-21(34-22)23-20-8-2-4-13-32(20)29-24(23)25(33)31-12-5-6-18(31)16-30-15-17(14-28-30)19-7-1-3-11-27-19/h1-4,7-11,13-15,18H,5-6,12,16H2/t18-/m0/s1. The number of fused-ring (bicyclic) bond motifs is 1. The number of rotatable bonds is 5. The molecule has 1 aliphatic heterocycles. The zero-order valence-corrected chi connectivity index (χ0v) is 19.8. The van der Waals surface area contributed by atoms with Crippen molar-refractivity contribution >= 4 is 34.4 Å². The van der Waals surface area contributed by atoms with Gasteiger partial charge in [0.2, 0.25) is 0 Å². The molecular formula is C25H21ClN6OS. The summed E-state index contributed by atoms with van der Waals surface area (Å²) < 4.78 is 4.36. The zero-order valence-electron chi connectivity index (χ0n) is 18.2. The second kappa shape index (κ2) is 8.70.